The second-order valence-electron chi connectivity index (χ2n) is 2.54. The van der Waals surface area contributed by atoms with Crippen LogP contribution in [0, 0.1) is 5.92 Å². The van der Waals surface area contributed by atoms with Gasteiger partial charge in [-0.1, -0.05) is 13.0 Å². The van der Waals surface area contributed by atoms with Gasteiger partial charge in [-0.15, -0.1) is 0 Å². The normalized spacial score (nSPS) is 15.0. The summed E-state index contributed by atoms with van der Waals surface area (Å²) in [6, 6.07) is 0. The molecule has 0 aromatic rings. The van der Waals surface area contributed by atoms with Crippen molar-refractivity contribution in [1.82, 2.24) is 0 Å². The van der Waals surface area contributed by atoms with Crippen molar-refractivity contribution in [1.29, 1.82) is 0 Å². The van der Waals surface area contributed by atoms with Gasteiger partial charge < -0.3 is 0 Å². The molecule has 1 nitrogen and oxygen atoms in total. The van der Waals surface area contributed by atoms with Crippen LogP contribution in [0.1, 0.15) is 27.2 Å². The highest BCUT2D eigenvalue weighted by Gasteiger charge is 2.03. The summed E-state index contributed by atoms with van der Waals surface area (Å²) >= 11 is 2.25. The topological polar surface area (TPSA) is 17.1 Å². The summed E-state index contributed by atoms with van der Waals surface area (Å²) in [6.45, 7) is 5.63. The first-order valence-corrected chi connectivity index (χ1v) is 4.44. The summed E-state index contributed by atoms with van der Waals surface area (Å²) in [7, 11) is 0. The van der Waals surface area contributed by atoms with E-state index in [9.17, 15) is 4.79 Å². The van der Waals surface area contributed by atoms with Gasteiger partial charge in [0.25, 0.3) is 0 Å². The van der Waals surface area contributed by atoms with Crippen molar-refractivity contribution < 1.29 is 4.79 Å². The van der Waals surface area contributed by atoms with Crippen molar-refractivity contribution in [2.24, 2.45) is 5.92 Å². The highest BCUT2D eigenvalue weighted by Crippen LogP contribution is 2.10. The molecule has 58 valence electrons. The predicted octanol–water partition coefficient (Wildman–Crippen LogP) is 2.94. The van der Waals surface area contributed by atoms with E-state index in [0.717, 1.165) is 6.42 Å². The first-order chi connectivity index (χ1) is 4.54. The Labute approximate surface area is 76.0 Å². The number of rotatable bonds is 3. The Morgan fingerprint density at radius 3 is 2.40 bits per heavy atom. The van der Waals surface area contributed by atoms with Crippen LogP contribution in [0.5, 0.6) is 0 Å². The Balaban J connectivity index is 3.70. The Morgan fingerprint density at radius 2 is 2.10 bits per heavy atom. The number of hydrogen-bond donors (Lipinski definition) is 0. The lowest BCUT2D eigenvalue weighted by molar-refractivity contribution is -0.120. The highest BCUT2D eigenvalue weighted by atomic mass is 127. The Hall–Kier alpha value is 0.140. The molecule has 0 radical (unpaired) electrons. The highest BCUT2D eigenvalue weighted by molar-refractivity contribution is 14.1. The molecule has 0 heterocycles. The molecular weight excluding hydrogens is 239 g/mol. The molecule has 0 aromatic heterocycles. The van der Waals surface area contributed by atoms with Gasteiger partial charge in [0.2, 0.25) is 0 Å². The van der Waals surface area contributed by atoms with Gasteiger partial charge in [-0.05, 0) is 46.4 Å². The minimum Gasteiger partial charge on any atom is -0.300 e. The van der Waals surface area contributed by atoms with Crippen LogP contribution in [-0.2, 0) is 4.79 Å². The SMILES string of the molecule is CC(=O)[C@@H](C)C/C=C(/C)I. The molecule has 0 saturated carbocycles. The van der Waals surface area contributed by atoms with Gasteiger partial charge >= 0.3 is 0 Å². The van der Waals surface area contributed by atoms with E-state index >= 15 is 0 Å². The average Bonchev–Trinajstić information content (AvgIpc) is 1.82. The summed E-state index contributed by atoms with van der Waals surface area (Å²) in [4.78, 5) is 10.7. The van der Waals surface area contributed by atoms with Crippen molar-refractivity contribution in [3.63, 3.8) is 0 Å². The second kappa shape index (κ2) is 4.88. The minimum atomic E-state index is 0.185. The molecule has 0 spiro atoms. The third-order valence-corrected chi connectivity index (χ3v) is 1.89. The van der Waals surface area contributed by atoms with E-state index in [1.807, 2.05) is 13.8 Å². The maximum atomic E-state index is 10.7. The number of carbonyl (C=O) groups is 1. The molecule has 2 heteroatoms. The van der Waals surface area contributed by atoms with Crippen LogP contribution in [0.3, 0.4) is 0 Å². The lowest BCUT2D eigenvalue weighted by Crippen LogP contribution is -2.04. The standard InChI is InChI=1S/C8H13IO/c1-6(8(3)10)4-5-7(2)9/h5-6H,4H2,1-3H3/b7-5-/t6-/m0/s1. The summed E-state index contributed by atoms with van der Waals surface area (Å²) in [5.74, 6) is 0.457. The molecule has 0 aliphatic heterocycles. The number of carbonyl (C=O) groups excluding carboxylic acids is 1. The second-order valence-corrected chi connectivity index (χ2v) is 4.24. The number of ketones is 1. The molecule has 10 heavy (non-hydrogen) atoms. The van der Waals surface area contributed by atoms with Gasteiger partial charge in [-0.2, -0.15) is 0 Å². The largest absolute Gasteiger partial charge is 0.300 e. The van der Waals surface area contributed by atoms with Gasteiger partial charge in [-0.25, -0.2) is 0 Å². The van der Waals surface area contributed by atoms with Crippen LogP contribution in [0.25, 0.3) is 0 Å². The minimum absolute atomic E-state index is 0.185. The zero-order valence-electron chi connectivity index (χ0n) is 6.65. The van der Waals surface area contributed by atoms with Crippen LogP contribution in [0.2, 0.25) is 0 Å². The fourth-order valence-electron chi connectivity index (χ4n) is 0.505. The van der Waals surface area contributed by atoms with E-state index in [1.165, 1.54) is 3.58 Å². The molecule has 0 amide bonds. The zero-order valence-corrected chi connectivity index (χ0v) is 8.81. The molecule has 0 bridgehead atoms. The smallest absolute Gasteiger partial charge is 0.132 e. The number of Topliss-reactive ketones (excluding diaryl/α,β-unsaturated/α-hetero) is 1. The predicted molar refractivity (Wildman–Crippen MR) is 52.2 cm³/mol. The van der Waals surface area contributed by atoms with Crippen molar-refractivity contribution in [3.8, 4) is 0 Å². The lowest BCUT2D eigenvalue weighted by atomic mass is 10.0. The van der Waals surface area contributed by atoms with E-state index in [1.54, 1.807) is 6.92 Å². The van der Waals surface area contributed by atoms with Gasteiger partial charge in [-0.3, -0.25) is 4.79 Å². The summed E-state index contributed by atoms with van der Waals surface area (Å²) in [5, 5.41) is 0. The van der Waals surface area contributed by atoms with Gasteiger partial charge in [0.05, 0.1) is 0 Å². The summed E-state index contributed by atoms with van der Waals surface area (Å²) in [6.07, 6.45) is 2.97. The Bertz CT molecular complexity index is 145. The zero-order chi connectivity index (χ0) is 8.15. The van der Waals surface area contributed by atoms with E-state index in [-0.39, 0.29) is 11.7 Å². The lowest BCUT2D eigenvalue weighted by Gasteiger charge is -2.01. The van der Waals surface area contributed by atoms with Crippen LogP contribution >= 0.6 is 22.6 Å². The van der Waals surface area contributed by atoms with Crippen LogP contribution in [0.4, 0.5) is 0 Å². The molecule has 0 aromatic carbocycles. The van der Waals surface area contributed by atoms with E-state index < -0.39 is 0 Å². The van der Waals surface area contributed by atoms with Gasteiger partial charge in [0, 0.05) is 5.92 Å². The van der Waals surface area contributed by atoms with E-state index in [4.69, 9.17) is 0 Å². The molecule has 0 fully saturated rings. The molecule has 0 rings (SSSR count). The fraction of sp³-hybridized carbons (Fsp3) is 0.625. The number of allylic oxidation sites excluding steroid dienone is 2. The van der Waals surface area contributed by atoms with Crippen LogP contribution in [-0.4, -0.2) is 5.78 Å². The Morgan fingerprint density at radius 1 is 1.60 bits per heavy atom. The maximum absolute atomic E-state index is 10.7. The number of hydrogen-bond acceptors (Lipinski definition) is 1. The fourth-order valence-corrected chi connectivity index (χ4v) is 0.759. The third kappa shape index (κ3) is 4.97. The van der Waals surface area contributed by atoms with Crippen molar-refractivity contribution in [3.05, 3.63) is 9.66 Å². The molecule has 0 N–H and O–H groups in total. The average molecular weight is 252 g/mol. The maximum Gasteiger partial charge on any atom is 0.132 e. The van der Waals surface area contributed by atoms with Crippen molar-refractivity contribution >= 4 is 28.4 Å². The molecule has 1 atom stereocenters. The molecule has 0 unspecified atom stereocenters. The summed E-state index contributed by atoms with van der Waals surface area (Å²) < 4.78 is 1.26. The van der Waals surface area contributed by atoms with Gasteiger partial charge in [0.15, 0.2) is 0 Å². The van der Waals surface area contributed by atoms with E-state index in [0.29, 0.717) is 0 Å². The molecule has 0 aliphatic rings. The number of halogens is 1. The first-order valence-electron chi connectivity index (χ1n) is 3.36. The Kier molecular flexibility index (Phi) is 4.95. The van der Waals surface area contributed by atoms with Crippen molar-refractivity contribution in [2.45, 2.75) is 27.2 Å². The quantitative estimate of drug-likeness (QED) is 0.706. The first kappa shape index (κ1) is 10.1. The third-order valence-electron chi connectivity index (χ3n) is 1.45. The monoisotopic (exact) mass is 252 g/mol. The molecule has 0 saturated heterocycles. The molecular formula is C8H13IO. The van der Waals surface area contributed by atoms with Crippen LogP contribution in [0.15, 0.2) is 9.66 Å². The van der Waals surface area contributed by atoms with Crippen molar-refractivity contribution in [2.75, 3.05) is 0 Å². The molecule has 0 aliphatic carbocycles. The summed E-state index contributed by atoms with van der Waals surface area (Å²) in [5.41, 5.74) is 0. The van der Waals surface area contributed by atoms with Gasteiger partial charge in [0.1, 0.15) is 5.78 Å². The van der Waals surface area contributed by atoms with E-state index in [2.05, 4.69) is 28.7 Å². The van der Waals surface area contributed by atoms with Crippen LogP contribution < -0.4 is 0 Å².